The number of rotatable bonds is 6. The van der Waals surface area contributed by atoms with Gasteiger partial charge in [0.25, 0.3) is 0 Å². The highest BCUT2D eigenvalue weighted by Crippen LogP contribution is 2.18. The molecule has 1 heterocycles. The molecule has 0 bridgehead atoms. The molecule has 1 aromatic heterocycles. The fourth-order valence-corrected chi connectivity index (χ4v) is 2.45. The number of aromatic nitrogens is 2. The molecule has 0 atom stereocenters. The summed E-state index contributed by atoms with van der Waals surface area (Å²) in [7, 11) is 2.04. The van der Waals surface area contributed by atoms with Crippen molar-refractivity contribution < 1.29 is 0 Å². The van der Waals surface area contributed by atoms with E-state index in [0.717, 1.165) is 30.8 Å². The number of nitrogens with zero attached hydrogens (tertiary/aromatic N) is 4. The molecule has 2 aromatic rings. The van der Waals surface area contributed by atoms with Crippen molar-refractivity contribution in [3.8, 4) is 6.07 Å². The largest absolute Gasteiger partial charge is 0.369 e. The molecule has 0 unspecified atom stereocenters. The van der Waals surface area contributed by atoms with Crippen molar-refractivity contribution in [3.05, 3.63) is 47.8 Å². The molecule has 0 amide bonds. The standard InChI is InChI=1S/C17H22N4/c1-4-16(5-2)21-11-10-15(19-21)13-20(3)17-8-6-14(12-18)7-9-17/h6-11,16H,4-5,13H2,1-3H3. The zero-order valence-electron chi connectivity index (χ0n) is 13.0. The summed E-state index contributed by atoms with van der Waals surface area (Å²) in [4.78, 5) is 2.14. The highest BCUT2D eigenvalue weighted by Gasteiger charge is 2.09. The van der Waals surface area contributed by atoms with E-state index in [2.05, 4.69) is 46.9 Å². The SMILES string of the molecule is CCC(CC)n1ccc(CN(C)c2ccc(C#N)cc2)n1. The Morgan fingerprint density at radius 2 is 1.86 bits per heavy atom. The molecule has 0 aliphatic heterocycles. The fraction of sp³-hybridized carbons (Fsp3) is 0.412. The van der Waals surface area contributed by atoms with Crippen LogP contribution in [0.4, 0.5) is 5.69 Å². The molecular weight excluding hydrogens is 260 g/mol. The van der Waals surface area contributed by atoms with Crippen LogP contribution in [0.3, 0.4) is 0 Å². The maximum Gasteiger partial charge on any atom is 0.0991 e. The minimum absolute atomic E-state index is 0.485. The summed E-state index contributed by atoms with van der Waals surface area (Å²) >= 11 is 0. The van der Waals surface area contributed by atoms with Gasteiger partial charge in [0.2, 0.25) is 0 Å². The first-order valence-electron chi connectivity index (χ1n) is 7.43. The summed E-state index contributed by atoms with van der Waals surface area (Å²) in [5.74, 6) is 0. The molecule has 2 rings (SSSR count). The van der Waals surface area contributed by atoms with Gasteiger partial charge in [-0.3, -0.25) is 4.68 Å². The van der Waals surface area contributed by atoms with Crippen LogP contribution in [-0.4, -0.2) is 16.8 Å². The molecule has 0 aliphatic carbocycles. The predicted molar refractivity (Wildman–Crippen MR) is 85.1 cm³/mol. The molecule has 110 valence electrons. The van der Waals surface area contributed by atoms with Crippen molar-refractivity contribution in [2.24, 2.45) is 0 Å². The number of hydrogen-bond acceptors (Lipinski definition) is 3. The van der Waals surface area contributed by atoms with Gasteiger partial charge < -0.3 is 4.90 Å². The minimum Gasteiger partial charge on any atom is -0.369 e. The van der Waals surface area contributed by atoms with Gasteiger partial charge in [-0.25, -0.2) is 0 Å². The third-order valence-corrected chi connectivity index (χ3v) is 3.82. The van der Waals surface area contributed by atoms with E-state index in [1.54, 1.807) is 0 Å². The molecule has 0 radical (unpaired) electrons. The third kappa shape index (κ3) is 3.63. The van der Waals surface area contributed by atoms with Crippen molar-refractivity contribution >= 4 is 5.69 Å². The molecule has 0 N–H and O–H groups in total. The Balaban J connectivity index is 2.05. The summed E-state index contributed by atoms with van der Waals surface area (Å²) in [5.41, 5.74) is 2.84. The molecular formula is C17H22N4. The zero-order valence-corrected chi connectivity index (χ0v) is 13.0. The van der Waals surface area contributed by atoms with E-state index in [1.807, 2.05) is 31.3 Å². The van der Waals surface area contributed by atoms with Gasteiger partial charge in [-0.2, -0.15) is 10.4 Å². The summed E-state index contributed by atoms with van der Waals surface area (Å²) < 4.78 is 2.07. The Bertz CT molecular complexity index is 602. The molecule has 0 fully saturated rings. The second kappa shape index (κ2) is 6.94. The fourth-order valence-electron chi connectivity index (χ4n) is 2.45. The normalized spacial score (nSPS) is 10.6. The summed E-state index contributed by atoms with van der Waals surface area (Å²) in [6, 6.07) is 12.3. The van der Waals surface area contributed by atoms with E-state index >= 15 is 0 Å². The smallest absolute Gasteiger partial charge is 0.0991 e. The van der Waals surface area contributed by atoms with Crippen LogP contribution in [-0.2, 0) is 6.54 Å². The summed E-state index contributed by atoms with van der Waals surface area (Å²) in [6.45, 7) is 5.15. The van der Waals surface area contributed by atoms with E-state index in [-0.39, 0.29) is 0 Å². The Morgan fingerprint density at radius 3 is 2.43 bits per heavy atom. The lowest BCUT2D eigenvalue weighted by Gasteiger charge is -2.18. The van der Waals surface area contributed by atoms with Crippen LogP contribution in [0.5, 0.6) is 0 Å². The van der Waals surface area contributed by atoms with Crippen molar-refractivity contribution in [2.75, 3.05) is 11.9 Å². The maximum atomic E-state index is 8.83. The minimum atomic E-state index is 0.485. The number of hydrogen-bond donors (Lipinski definition) is 0. The lowest BCUT2D eigenvalue weighted by Crippen LogP contribution is -2.17. The van der Waals surface area contributed by atoms with Crippen LogP contribution in [0, 0.1) is 11.3 Å². The Morgan fingerprint density at radius 1 is 1.19 bits per heavy atom. The predicted octanol–water partition coefficient (Wildman–Crippen LogP) is 3.75. The van der Waals surface area contributed by atoms with Gasteiger partial charge in [-0.15, -0.1) is 0 Å². The lowest BCUT2D eigenvalue weighted by atomic mass is 10.2. The van der Waals surface area contributed by atoms with Gasteiger partial charge in [0.15, 0.2) is 0 Å². The van der Waals surface area contributed by atoms with Gasteiger partial charge in [0.05, 0.1) is 29.9 Å². The van der Waals surface area contributed by atoms with Gasteiger partial charge >= 0.3 is 0 Å². The number of benzene rings is 1. The molecule has 0 aliphatic rings. The maximum absolute atomic E-state index is 8.83. The van der Waals surface area contributed by atoms with Gasteiger partial charge in [-0.05, 0) is 43.2 Å². The van der Waals surface area contributed by atoms with Crippen molar-refractivity contribution in [2.45, 2.75) is 39.3 Å². The average Bonchev–Trinajstić information content (AvgIpc) is 2.97. The second-order valence-electron chi connectivity index (χ2n) is 5.27. The average molecular weight is 282 g/mol. The van der Waals surface area contributed by atoms with Crippen LogP contribution in [0.1, 0.15) is 44.0 Å². The number of anilines is 1. The van der Waals surface area contributed by atoms with Crippen LogP contribution < -0.4 is 4.90 Å². The highest BCUT2D eigenvalue weighted by atomic mass is 15.3. The van der Waals surface area contributed by atoms with Gasteiger partial charge in [0.1, 0.15) is 0 Å². The first-order valence-corrected chi connectivity index (χ1v) is 7.43. The van der Waals surface area contributed by atoms with E-state index in [4.69, 9.17) is 5.26 Å². The van der Waals surface area contributed by atoms with Crippen molar-refractivity contribution in [1.29, 1.82) is 5.26 Å². The zero-order chi connectivity index (χ0) is 15.2. The van der Waals surface area contributed by atoms with Crippen molar-refractivity contribution in [1.82, 2.24) is 9.78 Å². The Labute approximate surface area is 126 Å². The summed E-state index contributed by atoms with van der Waals surface area (Å²) in [6.07, 6.45) is 4.27. The molecule has 4 nitrogen and oxygen atoms in total. The van der Waals surface area contributed by atoms with E-state index < -0.39 is 0 Å². The quantitative estimate of drug-likeness (QED) is 0.810. The van der Waals surface area contributed by atoms with Gasteiger partial charge in [0, 0.05) is 18.9 Å². The van der Waals surface area contributed by atoms with E-state index in [1.165, 1.54) is 0 Å². The first kappa shape index (κ1) is 15.1. The van der Waals surface area contributed by atoms with Crippen LogP contribution in [0.25, 0.3) is 0 Å². The molecule has 21 heavy (non-hydrogen) atoms. The monoisotopic (exact) mass is 282 g/mol. The number of nitriles is 1. The Hall–Kier alpha value is -2.28. The van der Waals surface area contributed by atoms with E-state index in [9.17, 15) is 0 Å². The van der Waals surface area contributed by atoms with Gasteiger partial charge in [-0.1, -0.05) is 13.8 Å². The molecule has 0 spiro atoms. The van der Waals surface area contributed by atoms with Crippen LogP contribution >= 0.6 is 0 Å². The third-order valence-electron chi connectivity index (χ3n) is 3.82. The van der Waals surface area contributed by atoms with Crippen LogP contribution in [0.15, 0.2) is 36.5 Å². The molecule has 0 saturated heterocycles. The highest BCUT2D eigenvalue weighted by molar-refractivity contribution is 5.49. The van der Waals surface area contributed by atoms with Crippen LogP contribution in [0.2, 0.25) is 0 Å². The topological polar surface area (TPSA) is 44.9 Å². The first-order chi connectivity index (χ1) is 10.2. The second-order valence-corrected chi connectivity index (χ2v) is 5.27. The van der Waals surface area contributed by atoms with E-state index in [0.29, 0.717) is 11.6 Å². The Kier molecular flexibility index (Phi) is 4.99. The summed E-state index contributed by atoms with van der Waals surface area (Å²) in [5, 5.41) is 13.5. The molecule has 0 saturated carbocycles. The lowest BCUT2D eigenvalue weighted by molar-refractivity contribution is 0.425. The molecule has 1 aromatic carbocycles. The van der Waals surface area contributed by atoms with Crippen molar-refractivity contribution in [3.63, 3.8) is 0 Å². The molecule has 4 heteroatoms.